The molecular weight excluding hydrogens is 368 g/mol. The van der Waals surface area contributed by atoms with Gasteiger partial charge < -0.3 is 14.5 Å². The largest absolute Gasteiger partial charge is 0.444 e. The van der Waals surface area contributed by atoms with Crippen LogP contribution in [0.5, 0.6) is 0 Å². The van der Waals surface area contributed by atoms with Gasteiger partial charge in [-0.1, -0.05) is 0 Å². The van der Waals surface area contributed by atoms with Crippen LogP contribution in [-0.2, 0) is 4.74 Å². The van der Waals surface area contributed by atoms with Crippen molar-refractivity contribution in [2.24, 2.45) is 0 Å². The van der Waals surface area contributed by atoms with Crippen molar-refractivity contribution in [3.05, 3.63) is 42.2 Å². The first-order valence-electron chi connectivity index (χ1n) is 8.77. The van der Waals surface area contributed by atoms with Gasteiger partial charge in [-0.3, -0.25) is 0 Å². The van der Waals surface area contributed by atoms with Gasteiger partial charge in [0, 0.05) is 51.0 Å². The first-order chi connectivity index (χ1) is 12.8. The summed E-state index contributed by atoms with van der Waals surface area (Å²) >= 11 is 5.32. The minimum Gasteiger partial charge on any atom is -0.444 e. The van der Waals surface area contributed by atoms with Crippen molar-refractivity contribution >= 4 is 23.6 Å². The van der Waals surface area contributed by atoms with E-state index < -0.39 is 5.60 Å². The van der Waals surface area contributed by atoms with Crippen molar-refractivity contribution in [3.8, 4) is 0 Å². The molecule has 0 atom stereocenters. The predicted octanol–water partition coefficient (Wildman–Crippen LogP) is 3.05. The highest BCUT2D eigenvalue weighted by Gasteiger charge is 2.24. The number of hydrogen-bond donors (Lipinski definition) is 0. The van der Waals surface area contributed by atoms with Gasteiger partial charge in [0.2, 0.25) is 11.2 Å². The molecule has 146 valence electrons. The molecule has 3 rings (SSSR count). The average Bonchev–Trinajstić information content (AvgIpc) is 2.89. The van der Waals surface area contributed by atoms with E-state index in [-0.39, 0.29) is 6.09 Å². The summed E-state index contributed by atoms with van der Waals surface area (Å²) in [5.41, 5.74) is -0.453. The smallest absolute Gasteiger partial charge is 0.410 e. The second-order valence-electron chi connectivity index (χ2n) is 6.87. The van der Waals surface area contributed by atoms with E-state index in [1.54, 1.807) is 41.8 Å². The van der Waals surface area contributed by atoms with E-state index in [0.29, 0.717) is 18.4 Å². The molecule has 0 bridgehead atoms. The lowest BCUT2D eigenvalue weighted by Gasteiger charge is -2.26. The molecule has 0 aromatic carbocycles. The summed E-state index contributed by atoms with van der Waals surface area (Å²) in [5, 5.41) is 0.294. The Morgan fingerprint density at radius 3 is 2.07 bits per heavy atom. The number of amides is 1. The number of nitrogens with zero attached hydrogens (tertiary/aromatic N) is 6. The lowest BCUT2D eigenvalue weighted by atomic mass is 10.2. The Hall–Kier alpha value is -2.48. The van der Waals surface area contributed by atoms with Gasteiger partial charge in [-0.15, -0.1) is 0 Å². The highest BCUT2D eigenvalue weighted by atomic mass is 35.5. The Morgan fingerprint density at radius 1 is 0.963 bits per heavy atom. The zero-order chi connectivity index (χ0) is 19.7. The standard InChI is InChI=1S/C14H22N4O2.C4H3ClN2/c1-14(2,3)20-13(19)18-9-5-8-17(10-11-18)12-15-6-4-7-16-12;5-4-6-2-1-3-7-4/h4,6-7H,5,8-11H2,1-3H3;1-3H. The van der Waals surface area contributed by atoms with Gasteiger partial charge in [-0.2, -0.15) is 0 Å². The molecular formula is C18H25ClN6O2. The first-order valence-corrected chi connectivity index (χ1v) is 9.15. The molecule has 1 aliphatic heterocycles. The molecule has 0 aliphatic carbocycles. The van der Waals surface area contributed by atoms with Crippen molar-refractivity contribution in [1.29, 1.82) is 0 Å². The van der Waals surface area contributed by atoms with Gasteiger partial charge in [0.25, 0.3) is 0 Å². The van der Waals surface area contributed by atoms with Crippen LogP contribution in [0.15, 0.2) is 36.9 Å². The zero-order valence-corrected chi connectivity index (χ0v) is 16.6. The maximum atomic E-state index is 12.1. The molecule has 0 radical (unpaired) electrons. The Balaban J connectivity index is 0.000000313. The topological polar surface area (TPSA) is 84.3 Å². The summed E-state index contributed by atoms with van der Waals surface area (Å²) in [5.74, 6) is 0.721. The minimum atomic E-state index is -0.453. The quantitative estimate of drug-likeness (QED) is 0.689. The fourth-order valence-electron chi connectivity index (χ4n) is 2.36. The third kappa shape index (κ3) is 7.74. The number of aromatic nitrogens is 4. The number of halogens is 1. The van der Waals surface area contributed by atoms with Crippen molar-refractivity contribution in [2.45, 2.75) is 32.8 Å². The molecule has 0 N–H and O–H groups in total. The van der Waals surface area contributed by atoms with Crippen molar-refractivity contribution in [3.63, 3.8) is 0 Å². The van der Waals surface area contributed by atoms with Crippen molar-refractivity contribution < 1.29 is 9.53 Å². The number of carbonyl (C=O) groups excluding carboxylic acids is 1. The van der Waals surface area contributed by atoms with Crippen LogP contribution >= 0.6 is 11.6 Å². The minimum absolute atomic E-state index is 0.242. The summed E-state index contributed by atoms with van der Waals surface area (Å²) in [6.07, 6.45) is 7.30. The van der Waals surface area contributed by atoms with E-state index in [4.69, 9.17) is 16.3 Å². The van der Waals surface area contributed by atoms with Crippen molar-refractivity contribution in [2.75, 3.05) is 31.1 Å². The average molecular weight is 393 g/mol. The lowest BCUT2D eigenvalue weighted by molar-refractivity contribution is 0.0263. The molecule has 27 heavy (non-hydrogen) atoms. The third-order valence-corrected chi connectivity index (χ3v) is 3.71. The van der Waals surface area contributed by atoms with Gasteiger partial charge >= 0.3 is 6.09 Å². The van der Waals surface area contributed by atoms with Gasteiger partial charge in [0.1, 0.15) is 5.60 Å². The van der Waals surface area contributed by atoms with E-state index in [1.165, 1.54) is 0 Å². The summed E-state index contributed by atoms with van der Waals surface area (Å²) in [6, 6.07) is 3.51. The van der Waals surface area contributed by atoms with Crippen LogP contribution in [0.3, 0.4) is 0 Å². The van der Waals surface area contributed by atoms with E-state index in [0.717, 1.165) is 25.5 Å². The Kier molecular flexibility index (Phi) is 7.72. The molecule has 2 aromatic rings. The third-order valence-electron chi connectivity index (χ3n) is 3.52. The molecule has 0 saturated carbocycles. The Morgan fingerprint density at radius 2 is 1.56 bits per heavy atom. The maximum absolute atomic E-state index is 12.1. The van der Waals surface area contributed by atoms with Crippen LogP contribution in [-0.4, -0.2) is 62.7 Å². The first kappa shape index (κ1) is 20.8. The summed E-state index contributed by atoms with van der Waals surface area (Å²) in [7, 11) is 0. The van der Waals surface area contributed by atoms with Gasteiger partial charge in [0.15, 0.2) is 0 Å². The van der Waals surface area contributed by atoms with Crippen LogP contribution in [0, 0.1) is 0 Å². The molecule has 1 saturated heterocycles. The lowest BCUT2D eigenvalue weighted by Crippen LogP contribution is -2.39. The molecule has 1 aliphatic rings. The predicted molar refractivity (Wildman–Crippen MR) is 104 cm³/mol. The van der Waals surface area contributed by atoms with E-state index in [1.807, 2.05) is 20.8 Å². The van der Waals surface area contributed by atoms with Crippen LogP contribution in [0.4, 0.5) is 10.7 Å². The molecule has 3 heterocycles. The van der Waals surface area contributed by atoms with E-state index in [9.17, 15) is 4.79 Å². The summed E-state index contributed by atoms with van der Waals surface area (Å²) in [4.78, 5) is 31.7. The Bertz CT molecular complexity index is 696. The van der Waals surface area contributed by atoms with Gasteiger partial charge in [-0.05, 0) is 50.9 Å². The van der Waals surface area contributed by atoms with Crippen LogP contribution in [0.1, 0.15) is 27.2 Å². The molecule has 1 amide bonds. The summed E-state index contributed by atoms with van der Waals surface area (Å²) in [6.45, 7) is 8.56. The fourth-order valence-corrected chi connectivity index (χ4v) is 2.47. The maximum Gasteiger partial charge on any atom is 0.410 e. The van der Waals surface area contributed by atoms with E-state index >= 15 is 0 Å². The summed E-state index contributed by atoms with van der Waals surface area (Å²) < 4.78 is 5.41. The highest BCUT2D eigenvalue weighted by Crippen LogP contribution is 2.14. The van der Waals surface area contributed by atoms with Crippen molar-refractivity contribution in [1.82, 2.24) is 24.8 Å². The molecule has 9 heteroatoms. The van der Waals surface area contributed by atoms with Crippen LogP contribution in [0.25, 0.3) is 0 Å². The normalized spacial score (nSPS) is 14.7. The fraction of sp³-hybridized carbons (Fsp3) is 0.500. The monoisotopic (exact) mass is 392 g/mol. The highest BCUT2D eigenvalue weighted by molar-refractivity contribution is 6.28. The van der Waals surface area contributed by atoms with Gasteiger partial charge in [0.05, 0.1) is 0 Å². The number of rotatable bonds is 1. The number of carbonyl (C=O) groups is 1. The second-order valence-corrected chi connectivity index (χ2v) is 7.21. The van der Waals surface area contributed by atoms with E-state index in [2.05, 4.69) is 24.8 Å². The number of anilines is 1. The second kappa shape index (κ2) is 10.0. The molecule has 0 spiro atoms. The molecule has 2 aromatic heterocycles. The van der Waals surface area contributed by atoms with Crippen LogP contribution in [0.2, 0.25) is 5.28 Å². The number of ether oxygens (including phenoxy) is 1. The zero-order valence-electron chi connectivity index (χ0n) is 15.9. The molecule has 8 nitrogen and oxygen atoms in total. The van der Waals surface area contributed by atoms with Crippen LogP contribution < -0.4 is 4.90 Å². The van der Waals surface area contributed by atoms with Gasteiger partial charge in [-0.25, -0.2) is 24.7 Å². The Labute approximate surface area is 164 Å². The molecule has 1 fully saturated rings. The SMILES string of the molecule is CC(C)(C)OC(=O)N1CCCN(c2ncccn2)CC1.Clc1ncccn1. The number of hydrogen-bond acceptors (Lipinski definition) is 7. The molecule has 0 unspecified atom stereocenters.